The second kappa shape index (κ2) is 7.26. The lowest BCUT2D eigenvalue weighted by molar-refractivity contribution is 0.719. The second-order valence-corrected chi connectivity index (χ2v) is 5.44. The zero-order valence-electron chi connectivity index (χ0n) is 11.4. The Hall–Kier alpha value is -1.39. The fraction of sp³-hybridized carbons (Fsp3) is 0.333. The summed E-state index contributed by atoms with van der Waals surface area (Å²) >= 11 is 1.77. The van der Waals surface area contributed by atoms with E-state index in [1.165, 1.54) is 10.5 Å². The molecule has 4 heteroatoms. The van der Waals surface area contributed by atoms with E-state index < -0.39 is 0 Å². The summed E-state index contributed by atoms with van der Waals surface area (Å²) in [7, 11) is 0. The van der Waals surface area contributed by atoms with Crippen LogP contribution in [0.2, 0.25) is 0 Å². The van der Waals surface area contributed by atoms with Gasteiger partial charge in [0.1, 0.15) is 5.82 Å². The molecule has 100 valence electrons. The molecule has 0 spiro atoms. The Morgan fingerprint density at radius 1 is 1.21 bits per heavy atom. The number of nitrogens with zero attached hydrogens (tertiary/aromatic N) is 2. The Labute approximate surface area is 118 Å². The normalized spacial score (nSPS) is 10.6. The first-order chi connectivity index (χ1) is 9.28. The smallest absolute Gasteiger partial charge is 0.138 e. The van der Waals surface area contributed by atoms with Crippen molar-refractivity contribution in [3.63, 3.8) is 0 Å². The number of hydrogen-bond donors (Lipinski definition) is 1. The SMILES string of the molecule is CCNCc1cnc(CSc2cccc(C)c2)nc1. The molecule has 0 aliphatic carbocycles. The molecule has 19 heavy (non-hydrogen) atoms. The molecule has 0 aliphatic heterocycles. The Bertz CT molecular complexity index is 511. The fourth-order valence-electron chi connectivity index (χ4n) is 1.67. The highest BCUT2D eigenvalue weighted by atomic mass is 32.2. The summed E-state index contributed by atoms with van der Waals surface area (Å²) in [5.74, 6) is 1.69. The Morgan fingerprint density at radius 3 is 2.68 bits per heavy atom. The summed E-state index contributed by atoms with van der Waals surface area (Å²) in [6.07, 6.45) is 3.81. The maximum atomic E-state index is 4.40. The Kier molecular flexibility index (Phi) is 5.36. The van der Waals surface area contributed by atoms with Crippen LogP contribution in [0.1, 0.15) is 23.9 Å². The second-order valence-electron chi connectivity index (χ2n) is 4.39. The van der Waals surface area contributed by atoms with Crippen molar-refractivity contribution in [3.8, 4) is 0 Å². The zero-order chi connectivity index (χ0) is 13.5. The highest BCUT2D eigenvalue weighted by Gasteiger charge is 2.00. The van der Waals surface area contributed by atoms with Crippen LogP contribution in [0.3, 0.4) is 0 Å². The molecular weight excluding hydrogens is 254 g/mol. The van der Waals surface area contributed by atoms with Crippen LogP contribution in [0, 0.1) is 6.92 Å². The summed E-state index contributed by atoms with van der Waals surface area (Å²) in [5.41, 5.74) is 2.41. The Balaban J connectivity index is 1.89. The molecule has 0 fully saturated rings. The molecule has 1 aromatic carbocycles. The van der Waals surface area contributed by atoms with Crippen LogP contribution >= 0.6 is 11.8 Å². The maximum absolute atomic E-state index is 4.40. The van der Waals surface area contributed by atoms with Crippen molar-refractivity contribution in [3.05, 3.63) is 53.6 Å². The van der Waals surface area contributed by atoms with Gasteiger partial charge in [0.25, 0.3) is 0 Å². The van der Waals surface area contributed by atoms with Crippen molar-refractivity contribution in [2.24, 2.45) is 0 Å². The predicted molar refractivity (Wildman–Crippen MR) is 80.2 cm³/mol. The zero-order valence-corrected chi connectivity index (χ0v) is 12.2. The molecular formula is C15H19N3S. The molecule has 0 saturated heterocycles. The van der Waals surface area contributed by atoms with Crippen LogP contribution in [0.15, 0.2) is 41.6 Å². The van der Waals surface area contributed by atoms with Gasteiger partial charge in [-0.3, -0.25) is 0 Å². The lowest BCUT2D eigenvalue weighted by Crippen LogP contribution is -2.12. The monoisotopic (exact) mass is 273 g/mol. The van der Waals surface area contributed by atoms with E-state index in [4.69, 9.17) is 0 Å². The third kappa shape index (κ3) is 4.65. The highest BCUT2D eigenvalue weighted by molar-refractivity contribution is 7.98. The quantitative estimate of drug-likeness (QED) is 0.820. The van der Waals surface area contributed by atoms with Crippen LogP contribution < -0.4 is 5.32 Å². The van der Waals surface area contributed by atoms with Crippen molar-refractivity contribution in [1.29, 1.82) is 0 Å². The van der Waals surface area contributed by atoms with Gasteiger partial charge in [-0.2, -0.15) is 0 Å². The van der Waals surface area contributed by atoms with Gasteiger partial charge in [-0.05, 0) is 25.6 Å². The minimum atomic E-state index is 0.810. The van der Waals surface area contributed by atoms with E-state index in [2.05, 4.69) is 53.4 Å². The largest absolute Gasteiger partial charge is 0.313 e. The van der Waals surface area contributed by atoms with Crippen molar-refractivity contribution in [2.75, 3.05) is 6.54 Å². The first kappa shape index (κ1) is 14.0. The van der Waals surface area contributed by atoms with Crippen molar-refractivity contribution in [2.45, 2.75) is 31.0 Å². The minimum Gasteiger partial charge on any atom is -0.313 e. The van der Waals surface area contributed by atoms with Crippen LogP contribution in [-0.2, 0) is 12.3 Å². The van der Waals surface area contributed by atoms with E-state index in [9.17, 15) is 0 Å². The van der Waals surface area contributed by atoms with Gasteiger partial charge < -0.3 is 5.32 Å². The molecule has 2 rings (SSSR count). The highest BCUT2D eigenvalue weighted by Crippen LogP contribution is 2.21. The van der Waals surface area contributed by atoms with E-state index in [1.807, 2.05) is 12.4 Å². The van der Waals surface area contributed by atoms with Gasteiger partial charge in [0.05, 0.1) is 5.75 Å². The summed E-state index contributed by atoms with van der Waals surface area (Å²) in [4.78, 5) is 10.1. The van der Waals surface area contributed by atoms with E-state index in [-0.39, 0.29) is 0 Å². The van der Waals surface area contributed by atoms with E-state index in [1.54, 1.807) is 11.8 Å². The summed E-state index contributed by atoms with van der Waals surface area (Å²) in [5, 5.41) is 3.26. The molecule has 3 nitrogen and oxygen atoms in total. The summed E-state index contributed by atoms with van der Waals surface area (Å²) in [6, 6.07) is 8.50. The molecule has 2 aromatic rings. The number of thioether (sulfide) groups is 1. The van der Waals surface area contributed by atoms with E-state index >= 15 is 0 Å². The fourth-order valence-corrected chi connectivity index (χ4v) is 2.56. The number of nitrogens with one attached hydrogen (secondary N) is 1. The van der Waals surface area contributed by atoms with Crippen molar-refractivity contribution in [1.82, 2.24) is 15.3 Å². The summed E-state index contributed by atoms with van der Waals surface area (Å²) < 4.78 is 0. The topological polar surface area (TPSA) is 37.8 Å². The van der Waals surface area contributed by atoms with Gasteiger partial charge in [-0.1, -0.05) is 24.6 Å². The van der Waals surface area contributed by atoms with Crippen LogP contribution in [0.25, 0.3) is 0 Å². The molecule has 0 unspecified atom stereocenters. The third-order valence-corrected chi connectivity index (χ3v) is 3.69. The average molecular weight is 273 g/mol. The molecule has 1 N–H and O–H groups in total. The number of aryl methyl sites for hydroxylation is 1. The lowest BCUT2D eigenvalue weighted by Gasteiger charge is -2.04. The van der Waals surface area contributed by atoms with Gasteiger partial charge in [-0.15, -0.1) is 11.8 Å². The van der Waals surface area contributed by atoms with E-state index in [0.29, 0.717) is 0 Å². The van der Waals surface area contributed by atoms with Crippen LogP contribution in [-0.4, -0.2) is 16.5 Å². The number of benzene rings is 1. The third-order valence-electron chi connectivity index (χ3n) is 2.70. The molecule has 0 aliphatic rings. The van der Waals surface area contributed by atoms with Gasteiger partial charge in [0.15, 0.2) is 0 Å². The molecule has 0 bridgehead atoms. The standard InChI is InChI=1S/C15H19N3S/c1-3-16-8-13-9-17-15(18-10-13)11-19-14-6-4-5-12(2)7-14/h4-7,9-10,16H,3,8,11H2,1-2H3. The molecule has 1 heterocycles. The summed E-state index contributed by atoms with van der Waals surface area (Å²) in [6.45, 7) is 6.00. The molecule has 1 aromatic heterocycles. The van der Waals surface area contributed by atoms with Crippen LogP contribution in [0.5, 0.6) is 0 Å². The number of rotatable bonds is 6. The minimum absolute atomic E-state index is 0.810. The molecule has 0 amide bonds. The number of aromatic nitrogens is 2. The lowest BCUT2D eigenvalue weighted by atomic mass is 10.2. The first-order valence-corrected chi connectivity index (χ1v) is 7.46. The molecule has 0 atom stereocenters. The van der Waals surface area contributed by atoms with E-state index in [0.717, 1.165) is 30.2 Å². The van der Waals surface area contributed by atoms with Crippen LogP contribution in [0.4, 0.5) is 0 Å². The Morgan fingerprint density at radius 2 is 2.00 bits per heavy atom. The molecule has 0 radical (unpaired) electrons. The maximum Gasteiger partial charge on any atom is 0.138 e. The number of hydrogen-bond acceptors (Lipinski definition) is 4. The van der Waals surface area contributed by atoms with Crippen molar-refractivity contribution >= 4 is 11.8 Å². The van der Waals surface area contributed by atoms with Gasteiger partial charge in [0.2, 0.25) is 0 Å². The predicted octanol–water partition coefficient (Wildman–Crippen LogP) is 3.19. The van der Waals surface area contributed by atoms with Gasteiger partial charge in [0, 0.05) is 29.4 Å². The molecule has 0 saturated carbocycles. The van der Waals surface area contributed by atoms with Gasteiger partial charge >= 0.3 is 0 Å². The average Bonchev–Trinajstić information content (AvgIpc) is 2.44. The van der Waals surface area contributed by atoms with Crippen molar-refractivity contribution < 1.29 is 0 Å². The van der Waals surface area contributed by atoms with Gasteiger partial charge in [-0.25, -0.2) is 9.97 Å². The first-order valence-electron chi connectivity index (χ1n) is 6.48.